The molecule has 0 unspecified atom stereocenters. The van der Waals surface area contributed by atoms with Crippen LogP contribution in [-0.4, -0.2) is 22.7 Å². The molecule has 2 amide bonds. The lowest BCUT2D eigenvalue weighted by Crippen LogP contribution is -2.40. The lowest BCUT2D eigenvalue weighted by Gasteiger charge is -2.30. The first kappa shape index (κ1) is 13.5. The molecule has 5 heteroatoms. The lowest BCUT2D eigenvalue weighted by atomic mass is 9.68. The van der Waals surface area contributed by atoms with Gasteiger partial charge in [0.1, 0.15) is 11.5 Å². The second-order valence-electron chi connectivity index (χ2n) is 7.33. The van der Waals surface area contributed by atoms with E-state index in [2.05, 4.69) is 0 Å². The molecule has 0 spiro atoms. The van der Waals surface area contributed by atoms with E-state index in [9.17, 15) is 19.5 Å². The molecule has 0 radical (unpaired) electrons. The molecule has 1 aromatic carbocycles. The van der Waals surface area contributed by atoms with Gasteiger partial charge in [0.2, 0.25) is 11.8 Å². The molecule has 5 nitrogen and oxygen atoms in total. The summed E-state index contributed by atoms with van der Waals surface area (Å²) in [5.74, 6) is -1.25. The third-order valence-corrected chi connectivity index (χ3v) is 5.82. The van der Waals surface area contributed by atoms with Crippen LogP contribution < -0.4 is 4.90 Å². The van der Waals surface area contributed by atoms with Crippen LogP contribution in [0.4, 0.5) is 5.69 Å². The summed E-state index contributed by atoms with van der Waals surface area (Å²) < 4.78 is 0. The Morgan fingerprint density at radius 3 is 2.27 bits per heavy atom. The number of nitrogens with zero attached hydrogens (tertiary/aromatic N) is 1. The zero-order valence-electron chi connectivity index (χ0n) is 12.5. The third-order valence-electron chi connectivity index (χ3n) is 5.82. The monoisotopic (exact) mass is 299 g/mol. The number of anilines is 1. The van der Waals surface area contributed by atoms with Gasteiger partial charge >= 0.3 is 0 Å². The van der Waals surface area contributed by atoms with Gasteiger partial charge in [-0.2, -0.15) is 0 Å². The SMILES string of the molecule is C[C@@]12CC(=O)[C@@](C)(C1)[C@H]1C(=O)N(c3ccc(O)cc3)C(=O)[C@@H]12. The van der Waals surface area contributed by atoms with Crippen molar-refractivity contribution in [3.8, 4) is 5.75 Å². The van der Waals surface area contributed by atoms with Crippen molar-refractivity contribution in [2.24, 2.45) is 22.7 Å². The maximum absolute atomic E-state index is 12.9. The molecule has 2 aliphatic carbocycles. The maximum Gasteiger partial charge on any atom is 0.238 e. The molecular weight excluding hydrogens is 282 g/mol. The molecule has 1 saturated heterocycles. The van der Waals surface area contributed by atoms with E-state index in [-0.39, 0.29) is 23.3 Å². The van der Waals surface area contributed by atoms with Crippen molar-refractivity contribution in [3.63, 3.8) is 0 Å². The molecule has 0 aromatic heterocycles. The number of fused-ring (bicyclic) bond motifs is 5. The van der Waals surface area contributed by atoms with Gasteiger partial charge in [-0.05, 0) is 36.1 Å². The Balaban J connectivity index is 1.81. The summed E-state index contributed by atoms with van der Waals surface area (Å²) in [7, 11) is 0. The molecule has 1 heterocycles. The zero-order chi connectivity index (χ0) is 15.9. The molecule has 1 aliphatic heterocycles. The van der Waals surface area contributed by atoms with E-state index in [4.69, 9.17) is 0 Å². The van der Waals surface area contributed by atoms with Crippen molar-refractivity contribution >= 4 is 23.3 Å². The lowest BCUT2D eigenvalue weighted by molar-refractivity contribution is -0.138. The average Bonchev–Trinajstić information content (AvgIpc) is 2.94. The highest BCUT2D eigenvalue weighted by molar-refractivity contribution is 6.24. The highest BCUT2D eigenvalue weighted by Gasteiger charge is 2.74. The standard InChI is InChI=1S/C17H17NO4/c1-16-7-11(20)17(2,8-16)13-12(16)14(21)18(15(13)22)9-3-5-10(19)6-4-9/h3-6,12-13,19H,7-8H2,1-2H3/t12-,13-,16-,17-/m1/s1. The number of benzene rings is 1. The number of hydrogen-bond donors (Lipinski definition) is 1. The molecule has 2 saturated carbocycles. The van der Waals surface area contributed by atoms with E-state index in [0.29, 0.717) is 18.5 Å². The van der Waals surface area contributed by atoms with Gasteiger partial charge < -0.3 is 5.11 Å². The molecule has 3 fully saturated rings. The highest BCUT2D eigenvalue weighted by Crippen LogP contribution is 2.67. The number of ketones is 1. The summed E-state index contributed by atoms with van der Waals surface area (Å²) in [4.78, 5) is 39.2. The molecule has 4 atom stereocenters. The van der Waals surface area contributed by atoms with Gasteiger partial charge in [0.05, 0.1) is 17.5 Å². The Kier molecular flexibility index (Phi) is 2.31. The minimum absolute atomic E-state index is 0.0807. The van der Waals surface area contributed by atoms with E-state index < -0.39 is 22.7 Å². The van der Waals surface area contributed by atoms with Gasteiger partial charge in [0.25, 0.3) is 0 Å². The highest BCUT2D eigenvalue weighted by atomic mass is 16.3. The van der Waals surface area contributed by atoms with Crippen molar-refractivity contribution in [1.29, 1.82) is 0 Å². The quantitative estimate of drug-likeness (QED) is 0.804. The Hall–Kier alpha value is -2.17. The molecule has 114 valence electrons. The first-order valence-electron chi connectivity index (χ1n) is 7.48. The normalized spacial score (nSPS) is 39.7. The fourth-order valence-electron chi connectivity index (χ4n) is 4.94. The van der Waals surface area contributed by atoms with Crippen LogP contribution in [0.2, 0.25) is 0 Å². The summed E-state index contributed by atoms with van der Waals surface area (Å²) in [6.07, 6.45) is 1.00. The van der Waals surface area contributed by atoms with Crippen LogP contribution in [-0.2, 0) is 14.4 Å². The van der Waals surface area contributed by atoms with Crippen LogP contribution in [0.5, 0.6) is 5.75 Å². The van der Waals surface area contributed by atoms with E-state index in [1.54, 1.807) is 12.1 Å². The molecule has 3 aliphatic rings. The van der Waals surface area contributed by atoms with Gasteiger partial charge in [0.15, 0.2) is 0 Å². The van der Waals surface area contributed by atoms with Crippen LogP contribution in [0.15, 0.2) is 24.3 Å². The number of carbonyl (C=O) groups is 3. The molecular formula is C17H17NO4. The maximum atomic E-state index is 12.9. The van der Waals surface area contributed by atoms with Crippen LogP contribution in [0.1, 0.15) is 26.7 Å². The topological polar surface area (TPSA) is 74.7 Å². The van der Waals surface area contributed by atoms with Gasteiger partial charge in [-0.15, -0.1) is 0 Å². The zero-order valence-corrected chi connectivity index (χ0v) is 12.5. The molecule has 22 heavy (non-hydrogen) atoms. The van der Waals surface area contributed by atoms with Gasteiger partial charge in [-0.3, -0.25) is 19.3 Å². The van der Waals surface area contributed by atoms with E-state index in [1.807, 2.05) is 13.8 Å². The van der Waals surface area contributed by atoms with E-state index >= 15 is 0 Å². The number of phenols is 1. The molecule has 2 bridgehead atoms. The smallest absolute Gasteiger partial charge is 0.238 e. The minimum atomic E-state index is -0.710. The van der Waals surface area contributed by atoms with Crippen LogP contribution in [0, 0.1) is 22.7 Å². The number of imide groups is 1. The van der Waals surface area contributed by atoms with Crippen LogP contribution >= 0.6 is 0 Å². The number of carbonyl (C=O) groups excluding carboxylic acids is 3. The van der Waals surface area contributed by atoms with Gasteiger partial charge in [0, 0.05) is 11.8 Å². The third kappa shape index (κ3) is 1.36. The Morgan fingerprint density at radius 1 is 1.05 bits per heavy atom. The fourth-order valence-corrected chi connectivity index (χ4v) is 4.94. The summed E-state index contributed by atoms with van der Waals surface area (Å²) in [6.45, 7) is 3.78. The predicted molar refractivity (Wildman–Crippen MR) is 78.0 cm³/mol. The first-order valence-corrected chi connectivity index (χ1v) is 7.48. The Labute approximate surface area is 127 Å². The fraction of sp³-hybridized carbons (Fsp3) is 0.471. The largest absolute Gasteiger partial charge is 0.508 e. The number of hydrogen-bond acceptors (Lipinski definition) is 4. The van der Waals surface area contributed by atoms with Crippen molar-refractivity contribution in [3.05, 3.63) is 24.3 Å². The van der Waals surface area contributed by atoms with Crippen molar-refractivity contribution in [2.75, 3.05) is 4.90 Å². The summed E-state index contributed by atoms with van der Waals surface area (Å²) >= 11 is 0. The molecule has 1 N–H and O–H groups in total. The van der Waals surface area contributed by atoms with Crippen molar-refractivity contribution in [1.82, 2.24) is 0 Å². The number of phenolic OH excluding ortho intramolecular Hbond substituents is 1. The summed E-state index contributed by atoms with van der Waals surface area (Å²) in [5.41, 5.74) is -0.659. The van der Waals surface area contributed by atoms with Crippen LogP contribution in [0.25, 0.3) is 0 Å². The second kappa shape index (κ2) is 3.77. The van der Waals surface area contributed by atoms with Gasteiger partial charge in [-0.1, -0.05) is 13.8 Å². The number of Topliss-reactive ketones (excluding diaryl/α,β-unsaturated/α-hetero) is 1. The second-order valence-corrected chi connectivity index (χ2v) is 7.33. The van der Waals surface area contributed by atoms with E-state index in [0.717, 1.165) is 0 Å². The average molecular weight is 299 g/mol. The Bertz CT molecular complexity index is 725. The molecule has 4 rings (SSSR count). The van der Waals surface area contributed by atoms with Crippen molar-refractivity contribution in [2.45, 2.75) is 26.7 Å². The summed E-state index contributed by atoms with van der Waals surface area (Å²) in [6, 6.07) is 6.02. The number of aromatic hydroxyl groups is 1. The van der Waals surface area contributed by atoms with Gasteiger partial charge in [-0.25, -0.2) is 0 Å². The predicted octanol–water partition coefficient (Wildman–Crippen LogP) is 1.89. The molecule has 1 aromatic rings. The van der Waals surface area contributed by atoms with Crippen LogP contribution in [0.3, 0.4) is 0 Å². The Morgan fingerprint density at radius 2 is 1.64 bits per heavy atom. The van der Waals surface area contributed by atoms with Crippen molar-refractivity contribution < 1.29 is 19.5 Å². The first-order chi connectivity index (χ1) is 10.3. The number of amides is 2. The van der Waals surface area contributed by atoms with E-state index in [1.165, 1.54) is 17.0 Å². The number of rotatable bonds is 1. The minimum Gasteiger partial charge on any atom is -0.508 e. The summed E-state index contributed by atoms with van der Waals surface area (Å²) in [5, 5.41) is 9.37.